The van der Waals surface area contributed by atoms with Gasteiger partial charge in [0.15, 0.2) is 6.10 Å². The van der Waals surface area contributed by atoms with Crippen molar-refractivity contribution in [3.63, 3.8) is 0 Å². The average molecular weight is 437 g/mol. The Labute approximate surface area is 185 Å². The number of likely N-dealkylation sites (tertiary alicyclic amines) is 1. The quantitative estimate of drug-likeness (QED) is 0.423. The van der Waals surface area contributed by atoms with Crippen LogP contribution in [-0.4, -0.2) is 59.4 Å². The molecular weight excluding hydrogens is 412 g/mol. The molecule has 2 aliphatic rings. The SMILES string of the molecule is COc1ncc(N2CCc3ncnc(O[C@H]4CC[N+](C=O)(c5ccon5)C4)c3C2)cc1C. The first-order valence-electron chi connectivity index (χ1n) is 10.6. The molecule has 0 aromatic carbocycles. The van der Waals surface area contributed by atoms with Crippen LogP contribution in [0.5, 0.6) is 11.8 Å². The van der Waals surface area contributed by atoms with Crippen molar-refractivity contribution in [3.05, 3.63) is 47.7 Å². The van der Waals surface area contributed by atoms with Crippen LogP contribution in [0.1, 0.15) is 23.2 Å². The summed E-state index contributed by atoms with van der Waals surface area (Å²) in [5, 5.41) is 3.98. The Hall–Kier alpha value is -3.53. The molecule has 0 radical (unpaired) electrons. The van der Waals surface area contributed by atoms with E-state index in [1.54, 1.807) is 19.5 Å². The highest BCUT2D eigenvalue weighted by Gasteiger charge is 2.44. The number of fused-ring (bicyclic) bond motifs is 1. The first kappa shape index (κ1) is 20.4. The van der Waals surface area contributed by atoms with Gasteiger partial charge in [0.2, 0.25) is 11.8 Å². The van der Waals surface area contributed by atoms with Gasteiger partial charge in [-0.25, -0.2) is 24.2 Å². The van der Waals surface area contributed by atoms with E-state index in [2.05, 4.69) is 31.1 Å². The molecule has 2 atom stereocenters. The molecule has 0 bridgehead atoms. The third-order valence-corrected chi connectivity index (χ3v) is 6.28. The number of hydrogen-bond acceptors (Lipinski definition) is 9. The third kappa shape index (κ3) is 3.56. The van der Waals surface area contributed by atoms with E-state index in [0.717, 1.165) is 48.3 Å². The van der Waals surface area contributed by atoms with Gasteiger partial charge in [-0.05, 0) is 18.1 Å². The van der Waals surface area contributed by atoms with Gasteiger partial charge in [-0.15, -0.1) is 0 Å². The van der Waals surface area contributed by atoms with Crippen LogP contribution in [0, 0.1) is 6.92 Å². The lowest BCUT2D eigenvalue weighted by molar-refractivity contribution is -0.117. The number of amides is 1. The highest BCUT2D eigenvalue weighted by molar-refractivity contribution is 5.67. The van der Waals surface area contributed by atoms with E-state index in [1.807, 2.05) is 13.1 Å². The van der Waals surface area contributed by atoms with E-state index >= 15 is 0 Å². The Bertz CT molecular complexity index is 1120. The molecule has 10 nitrogen and oxygen atoms in total. The fourth-order valence-electron chi connectivity index (χ4n) is 4.54. The lowest BCUT2D eigenvalue weighted by atomic mass is 10.1. The zero-order chi connectivity index (χ0) is 22.1. The van der Waals surface area contributed by atoms with Crippen molar-refractivity contribution in [2.45, 2.75) is 32.4 Å². The minimum absolute atomic E-state index is 0.0946. The highest BCUT2D eigenvalue weighted by Crippen LogP contribution is 2.32. The Balaban J connectivity index is 1.36. The van der Waals surface area contributed by atoms with E-state index in [0.29, 0.717) is 37.2 Å². The fraction of sp³-hybridized carbons (Fsp3) is 0.409. The van der Waals surface area contributed by atoms with E-state index < -0.39 is 0 Å². The van der Waals surface area contributed by atoms with Crippen molar-refractivity contribution < 1.29 is 18.8 Å². The lowest BCUT2D eigenvalue weighted by Crippen LogP contribution is -2.47. The molecule has 0 spiro atoms. The maximum atomic E-state index is 11.9. The summed E-state index contributed by atoms with van der Waals surface area (Å²) in [4.78, 5) is 27.5. The Morgan fingerprint density at radius 3 is 2.94 bits per heavy atom. The Kier molecular flexibility index (Phi) is 5.22. The zero-order valence-electron chi connectivity index (χ0n) is 18.1. The Morgan fingerprint density at radius 2 is 2.19 bits per heavy atom. The van der Waals surface area contributed by atoms with Crippen LogP contribution in [0.15, 0.2) is 35.4 Å². The second-order valence-electron chi connectivity index (χ2n) is 8.23. The number of anilines is 1. The summed E-state index contributed by atoms with van der Waals surface area (Å²) in [7, 11) is 1.62. The van der Waals surface area contributed by atoms with Crippen molar-refractivity contribution in [2.24, 2.45) is 0 Å². The average Bonchev–Trinajstić information content (AvgIpc) is 3.50. The van der Waals surface area contributed by atoms with E-state index in [1.165, 1.54) is 6.26 Å². The summed E-state index contributed by atoms with van der Waals surface area (Å²) < 4.78 is 16.7. The molecule has 0 N–H and O–H groups in total. The number of ether oxygens (including phenoxy) is 2. The van der Waals surface area contributed by atoms with Crippen LogP contribution in [0.4, 0.5) is 11.5 Å². The number of pyridine rings is 1. The predicted molar refractivity (Wildman–Crippen MR) is 115 cm³/mol. The van der Waals surface area contributed by atoms with Crippen LogP contribution in [0.25, 0.3) is 0 Å². The van der Waals surface area contributed by atoms with Gasteiger partial charge in [0.1, 0.15) is 19.1 Å². The smallest absolute Gasteiger partial charge is 0.308 e. The van der Waals surface area contributed by atoms with Gasteiger partial charge in [0, 0.05) is 24.9 Å². The molecule has 1 saturated heterocycles. The second kappa shape index (κ2) is 8.19. The molecule has 5 rings (SSSR count). The van der Waals surface area contributed by atoms with Gasteiger partial charge < -0.3 is 18.9 Å². The summed E-state index contributed by atoms with van der Waals surface area (Å²) >= 11 is 0. The minimum atomic E-state index is -0.156. The summed E-state index contributed by atoms with van der Waals surface area (Å²) in [5.41, 5.74) is 3.98. The van der Waals surface area contributed by atoms with Crippen molar-refractivity contribution in [1.29, 1.82) is 0 Å². The summed E-state index contributed by atoms with van der Waals surface area (Å²) in [6.07, 6.45) is 7.13. The number of carbonyl (C=O) groups excluding carboxylic acids is 1. The molecular formula is C22H25N6O4+. The fourth-order valence-corrected chi connectivity index (χ4v) is 4.54. The largest absolute Gasteiger partial charge is 0.481 e. The van der Waals surface area contributed by atoms with Gasteiger partial charge in [-0.1, -0.05) is 0 Å². The molecule has 3 aromatic rings. The van der Waals surface area contributed by atoms with Gasteiger partial charge in [-0.3, -0.25) is 0 Å². The van der Waals surface area contributed by atoms with Crippen molar-refractivity contribution in [1.82, 2.24) is 24.6 Å². The maximum Gasteiger partial charge on any atom is 0.308 e. The van der Waals surface area contributed by atoms with Gasteiger partial charge >= 0.3 is 6.41 Å². The highest BCUT2D eigenvalue weighted by atomic mass is 16.5. The topological polar surface area (TPSA) is 103 Å². The first-order chi connectivity index (χ1) is 15.6. The number of aromatic nitrogens is 4. The van der Waals surface area contributed by atoms with Crippen LogP contribution in [0.2, 0.25) is 0 Å². The molecule has 2 aliphatic heterocycles. The first-order valence-corrected chi connectivity index (χ1v) is 10.6. The molecule has 5 heterocycles. The number of aryl methyl sites for hydroxylation is 1. The molecule has 0 aliphatic carbocycles. The van der Waals surface area contributed by atoms with E-state index in [9.17, 15) is 4.79 Å². The van der Waals surface area contributed by atoms with Crippen LogP contribution < -0.4 is 18.9 Å². The number of nitrogens with zero attached hydrogens (tertiary/aromatic N) is 6. The zero-order valence-corrected chi connectivity index (χ0v) is 18.1. The normalized spacial score (nSPS) is 22.4. The standard InChI is InChI=1S/C22H25N6O4/c1-15-9-16(10-23-21(15)30-2)27-6-3-19-18(11-27)22(25-13-24-19)32-17-4-7-28(12-17,14-29)20-5-8-31-26-20/h5,8-10,13-14,17H,3-4,6-7,11-12H2,1-2H3/q+1/t17-,28?/m0/s1. The van der Waals surface area contributed by atoms with Crippen molar-refractivity contribution >= 4 is 17.9 Å². The summed E-state index contributed by atoms with van der Waals surface area (Å²) in [6, 6.07) is 3.80. The molecule has 10 heteroatoms. The van der Waals surface area contributed by atoms with Gasteiger partial charge in [0.25, 0.3) is 5.82 Å². The predicted octanol–water partition coefficient (Wildman–Crippen LogP) is 2.05. The summed E-state index contributed by atoms with van der Waals surface area (Å²) in [6.45, 7) is 4.54. The monoisotopic (exact) mass is 437 g/mol. The number of quaternary nitrogens is 1. The third-order valence-electron chi connectivity index (χ3n) is 6.28. The summed E-state index contributed by atoms with van der Waals surface area (Å²) in [5.74, 6) is 1.81. The second-order valence-corrected chi connectivity index (χ2v) is 8.23. The lowest BCUT2D eigenvalue weighted by Gasteiger charge is -2.31. The van der Waals surface area contributed by atoms with Crippen molar-refractivity contribution in [2.75, 3.05) is 31.6 Å². The van der Waals surface area contributed by atoms with Gasteiger partial charge in [0.05, 0.1) is 49.4 Å². The number of hydrogen-bond donors (Lipinski definition) is 0. The van der Waals surface area contributed by atoms with E-state index in [-0.39, 0.29) is 10.6 Å². The van der Waals surface area contributed by atoms with Crippen molar-refractivity contribution in [3.8, 4) is 11.8 Å². The molecule has 32 heavy (non-hydrogen) atoms. The molecule has 0 saturated carbocycles. The maximum absolute atomic E-state index is 11.9. The van der Waals surface area contributed by atoms with E-state index in [4.69, 9.17) is 14.0 Å². The number of methoxy groups -OCH3 is 1. The van der Waals surface area contributed by atoms with Gasteiger partial charge in [-0.2, -0.15) is 0 Å². The minimum Gasteiger partial charge on any atom is -0.481 e. The Morgan fingerprint density at radius 1 is 1.28 bits per heavy atom. The van der Waals surface area contributed by atoms with Crippen LogP contribution >= 0.6 is 0 Å². The molecule has 1 unspecified atom stereocenters. The molecule has 166 valence electrons. The molecule has 3 aromatic heterocycles. The number of carbonyl (C=O) groups is 1. The van der Waals surface area contributed by atoms with Crippen LogP contribution in [0.3, 0.4) is 0 Å². The molecule has 1 fully saturated rings. The van der Waals surface area contributed by atoms with Crippen LogP contribution in [-0.2, 0) is 17.8 Å². The number of rotatable bonds is 6. The molecule has 1 amide bonds.